The minimum atomic E-state index is -0.170. The third kappa shape index (κ3) is 4.35. The number of anilines is 2. The number of nitrogens with one attached hydrogen (secondary N) is 1. The summed E-state index contributed by atoms with van der Waals surface area (Å²) < 4.78 is 2.08. The average Bonchev–Trinajstić information content (AvgIpc) is 2.64. The van der Waals surface area contributed by atoms with Gasteiger partial charge in [0.15, 0.2) is 0 Å². The van der Waals surface area contributed by atoms with Gasteiger partial charge in [-0.25, -0.2) is 4.99 Å². The van der Waals surface area contributed by atoms with Crippen LogP contribution in [0.3, 0.4) is 0 Å². The van der Waals surface area contributed by atoms with Crippen molar-refractivity contribution in [3.63, 3.8) is 0 Å². The summed E-state index contributed by atoms with van der Waals surface area (Å²) in [5.41, 5.74) is 8.38. The molecule has 0 spiro atoms. The van der Waals surface area contributed by atoms with Crippen molar-refractivity contribution in [3.8, 4) is 0 Å². The molecule has 0 aliphatic carbocycles. The first kappa shape index (κ1) is 16.5. The third-order valence-corrected chi connectivity index (χ3v) is 3.79. The summed E-state index contributed by atoms with van der Waals surface area (Å²) in [5, 5.41) is 3.75. The molecule has 126 valence electrons. The van der Waals surface area contributed by atoms with Gasteiger partial charge in [0.2, 0.25) is 0 Å². The smallest absolute Gasteiger partial charge is 0.255 e. The third-order valence-electron chi connectivity index (χ3n) is 3.79. The second-order valence-electron chi connectivity index (χ2n) is 5.62. The lowest BCUT2D eigenvalue weighted by molar-refractivity contribution is 0.102. The molecule has 3 N–H and O–H groups in total. The molecule has 0 saturated carbocycles. The van der Waals surface area contributed by atoms with E-state index in [1.54, 1.807) is 24.3 Å². The lowest BCUT2D eigenvalue weighted by atomic mass is 10.2. The number of aryl methyl sites for hydroxylation is 1. The van der Waals surface area contributed by atoms with E-state index in [2.05, 4.69) is 21.8 Å². The Kier molecular flexibility index (Phi) is 4.95. The van der Waals surface area contributed by atoms with Crippen LogP contribution in [0.25, 0.3) is 0 Å². The van der Waals surface area contributed by atoms with Gasteiger partial charge >= 0.3 is 0 Å². The summed E-state index contributed by atoms with van der Waals surface area (Å²) in [6.45, 7) is 3.02. The van der Waals surface area contributed by atoms with Gasteiger partial charge in [0.25, 0.3) is 5.91 Å². The van der Waals surface area contributed by atoms with Crippen LogP contribution >= 0.6 is 0 Å². The molecule has 0 unspecified atom stereocenters. The molecule has 0 aliphatic heterocycles. The molecule has 5 nitrogen and oxygen atoms in total. The number of hydrogen-bond acceptors (Lipinski definition) is 3. The van der Waals surface area contributed by atoms with Crippen LogP contribution in [0.1, 0.15) is 17.3 Å². The Morgan fingerprint density at radius 3 is 2.24 bits per heavy atom. The maximum atomic E-state index is 12.2. The monoisotopic (exact) mass is 332 g/mol. The van der Waals surface area contributed by atoms with Gasteiger partial charge in [-0.3, -0.25) is 4.79 Å². The molecule has 0 aliphatic rings. The van der Waals surface area contributed by atoms with E-state index in [-0.39, 0.29) is 5.91 Å². The van der Waals surface area contributed by atoms with Gasteiger partial charge in [-0.05, 0) is 67.6 Å². The molecule has 3 aromatic rings. The number of benzene rings is 2. The SMILES string of the molecule is CCn1ccc(=Nc2ccc(NC(=O)c3ccc(N)cc3)cc2)cc1. The van der Waals surface area contributed by atoms with Crippen LogP contribution in [-0.4, -0.2) is 10.5 Å². The summed E-state index contributed by atoms with van der Waals surface area (Å²) in [7, 11) is 0. The molecular formula is C20H20N4O. The molecule has 1 heterocycles. The number of hydrogen-bond donors (Lipinski definition) is 2. The normalized spacial score (nSPS) is 10.3. The lowest BCUT2D eigenvalue weighted by Gasteiger charge is -2.06. The molecule has 0 saturated heterocycles. The van der Waals surface area contributed by atoms with E-state index in [0.717, 1.165) is 23.3 Å². The fourth-order valence-electron chi connectivity index (χ4n) is 2.34. The standard InChI is InChI=1S/C20H20N4O/c1-2-24-13-11-19(12-14-24)22-17-7-9-18(10-8-17)23-20(25)15-3-5-16(21)6-4-15/h3-14H,2,21H2,1H3,(H,23,25). The molecule has 0 atom stereocenters. The first-order chi connectivity index (χ1) is 12.1. The van der Waals surface area contributed by atoms with Crippen LogP contribution < -0.4 is 16.4 Å². The number of aromatic nitrogens is 1. The molecule has 1 aromatic heterocycles. The van der Waals surface area contributed by atoms with Gasteiger partial charge < -0.3 is 15.6 Å². The zero-order valence-electron chi connectivity index (χ0n) is 14.0. The second-order valence-corrected chi connectivity index (χ2v) is 5.62. The van der Waals surface area contributed by atoms with Gasteiger partial charge in [0.1, 0.15) is 0 Å². The average molecular weight is 332 g/mol. The molecule has 2 aromatic carbocycles. The predicted octanol–water partition coefficient (Wildman–Crippen LogP) is 3.57. The van der Waals surface area contributed by atoms with Crippen molar-refractivity contribution in [2.24, 2.45) is 4.99 Å². The Morgan fingerprint density at radius 1 is 1.00 bits per heavy atom. The van der Waals surface area contributed by atoms with E-state index < -0.39 is 0 Å². The number of nitrogen functional groups attached to an aromatic ring is 1. The Bertz CT molecular complexity index is 905. The number of carbonyl (C=O) groups excluding carboxylic acids is 1. The van der Waals surface area contributed by atoms with Crippen LogP contribution in [0.5, 0.6) is 0 Å². The van der Waals surface area contributed by atoms with E-state index in [9.17, 15) is 4.79 Å². The van der Waals surface area contributed by atoms with Crippen molar-refractivity contribution in [2.75, 3.05) is 11.1 Å². The Balaban J connectivity index is 1.71. The molecule has 25 heavy (non-hydrogen) atoms. The van der Waals surface area contributed by atoms with E-state index in [1.165, 1.54) is 0 Å². The largest absolute Gasteiger partial charge is 0.399 e. The van der Waals surface area contributed by atoms with Gasteiger partial charge in [-0.2, -0.15) is 0 Å². The summed E-state index contributed by atoms with van der Waals surface area (Å²) in [5.74, 6) is -0.170. The zero-order valence-corrected chi connectivity index (χ0v) is 14.0. The van der Waals surface area contributed by atoms with Crippen LogP contribution in [-0.2, 0) is 6.54 Å². The van der Waals surface area contributed by atoms with Crippen molar-refractivity contribution in [2.45, 2.75) is 13.5 Å². The van der Waals surface area contributed by atoms with Crippen molar-refractivity contribution < 1.29 is 4.79 Å². The molecule has 0 bridgehead atoms. The summed E-state index contributed by atoms with van der Waals surface area (Å²) in [4.78, 5) is 16.7. The Morgan fingerprint density at radius 2 is 1.64 bits per heavy atom. The summed E-state index contributed by atoms with van der Waals surface area (Å²) >= 11 is 0. The number of nitrogens with two attached hydrogens (primary N) is 1. The molecule has 0 radical (unpaired) electrons. The molecule has 5 heteroatoms. The molecule has 1 amide bonds. The summed E-state index contributed by atoms with van der Waals surface area (Å²) in [6, 6.07) is 18.2. The maximum Gasteiger partial charge on any atom is 0.255 e. The van der Waals surface area contributed by atoms with Gasteiger partial charge in [-0.15, -0.1) is 0 Å². The van der Waals surface area contributed by atoms with Crippen LogP contribution in [0.15, 0.2) is 78.0 Å². The highest BCUT2D eigenvalue weighted by atomic mass is 16.1. The molecular weight excluding hydrogens is 312 g/mol. The first-order valence-corrected chi connectivity index (χ1v) is 8.12. The van der Waals surface area contributed by atoms with Crippen molar-refractivity contribution in [1.29, 1.82) is 0 Å². The summed E-state index contributed by atoms with van der Waals surface area (Å²) in [6.07, 6.45) is 4.00. The number of nitrogens with zero attached hydrogens (tertiary/aromatic N) is 2. The number of carbonyl (C=O) groups is 1. The molecule has 3 rings (SSSR count). The van der Waals surface area contributed by atoms with Crippen LogP contribution in [0.4, 0.5) is 17.1 Å². The van der Waals surface area contributed by atoms with Gasteiger partial charge in [-0.1, -0.05) is 0 Å². The van der Waals surface area contributed by atoms with E-state index in [0.29, 0.717) is 11.3 Å². The lowest BCUT2D eigenvalue weighted by Crippen LogP contribution is -2.11. The highest BCUT2D eigenvalue weighted by molar-refractivity contribution is 6.04. The maximum absolute atomic E-state index is 12.2. The van der Waals surface area contributed by atoms with Gasteiger partial charge in [0.05, 0.1) is 11.0 Å². The fraction of sp³-hybridized carbons (Fsp3) is 0.100. The fourth-order valence-corrected chi connectivity index (χ4v) is 2.34. The minimum Gasteiger partial charge on any atom is -0.399 e. The first-order valence-electron chi connectivity index (χ1n) is 8.12. The molecule has 0 fully saturated rings. The number of pyridine rings is 1. The number of amides is 1. The van der Waals surface area contributed by atoms with Crippen molar-refractivity contribution >= 4 is 23.0 Å². The van der Waals surface area contributed by atoms with Gasteiger partial charge in [0, 0.05) is 35.9 Å². The predicted molar refractivity (Wildman–Crippen MR) is 101 cm³/mol. The van der Waals surface area contributed by atoms with Crippen molar-refractivity contribution in [3.05, 3.63) is 84.0 Å². The van der Waals surface area contributed by atoms with Crippen LogP contribution in [0.2, 0.25) is 0 Å². The zero-order chi connectivity index (χ0) is 17.6. The highest BCUT2D eigenvalue weighted by Crippen LogP contribution is 2.17. The van der Waals surface area contributed by atoms with E-state index >= 15 is 0 Å². The van der Waals surface area contributed by atoms with E-state index in [4.69, 9.17) is 5.73 Å². The highest BCUT2D eigenvalue weighted by Gasteiger charge is 2.05. The van der Waals surface area contributed by atoms with Crippen molar-refractivity contribution in [1.82, 2.24) is 4.57 Å². The minimum absolute atomic E-state index is 0.170. The quantitative estimate of drug-likeness (QED) is 0.717. The number of rotatable bonds is 4. The Hall–Kier alpha value is -3.34. The Labute approximate surface area is 146 Å². The van der Waals surface area contributed by atoms with E-state index in [1.807, 2.05) is 48.8 Å². The second kappa shape index (κ2) is 7.49. The van der Waals surface area contributed by atoms with Crippen LogP contribution in [0, 0.1) is 0 Å². The topological polar surface area (TPSA) is 72.4 Å².